The fourth-order valence-electron chi connectivity index (χ4n) is 2.71. The number of nitriles is 1. The Labute approximate surface area is 164 Å². The Morgan fingerprint density at radius 1 is 1.04 bits per heavy atom. The lowest BCUT2D eigenvalue weighted by Crippen LogP contribution is -2.37. The van der Waals surface area contributed by atoms with Crippen molar-refractivity contribution < 1.29 is 4.79 Å². The minimum absolute atomic E-state index is 0.0333. The van der Waals surface area contributed by atoms with E-state index in [4.69, 9.17) is 5.26 Å². The topological polar surface area (TPSA) is 81.9 Å². The largest absolute Gasteiger partial charge is 0.339 e. The van der Waals surface area contributed by atoms with Crippen LogP contribution < -0.4 is 5.32 Å². The highest BCUT2D eigenvalue weighted by molar-refractivity contribution is 5.92. The van der Waals surface area contributed by atoms with Crippen molar-refractivity contribution in [3.63, 3.8) is 0 Å². The molecule has 6 nitrogen and oxygen atoms in total. The number of benzene rings is 2. The van der Waals surface area contributed by atoms with E-state index >= 15 is 0 Å². The standard InChI is InChI=1S/C22H21N5O/c1-16(2)27(15-18-6-4-3-5-7-18)22(28)20-12-13-21(26-25-20)24-19-10-8-17(14-23)9-11-19/h3-13,16H,15H2,1-2H3,(H,24,26). The van der Waals surface area contributed by atoms with Crippen molar-refractivity contribution >= 4 is 17.4 Å². The van der Waals surface area contributed by atoms with Crippen LogP contribution >= 0.6 is 0 Å². The molecular formula is C22H21N5O. The summed E-state index contributed by atoms with van der Waals surface area (Å²) < 4.78 is 0. The lowest BCUT2D eigenvalue weighted by molar-refractivity contribution is 0.0683. The van der Waals surface area contributed by atoms with E-state index in [1.165, 1.54) is 0 Å². The van der Waals surface area contributed by atoms with E-state index in [0.717, 1.165) is 11.3 Å². The Kier molecular flexibility index (Phi) is 5.97. The Morgan fingerprint density at radius 2 is 1.75 bits per heavy atom. The van der Waals surface area contributed by atoms with Gasteiger partial charge in [-0.05, 0) is 55.8 Å². The van der Waals surface area contributed by atoms with E-state index in [9.17, 15) is 4.79 Å². The maximum atomic E-state index is 12.9. The maximum Gasteiger partial charge on any atom is 0.274 e. The number of nitrogens with one attached hydrogen (secondary N) is 1. The van der Waals surface area contributed by atoms with Crippen molar-refractivity contribution in [1.29, 1.82) is 5.26 Å². The second-order valence-corrected chi connectivity index (χ2v) is 6.63. The average Bonchev–Trinajstić information content (AvgIpc) is 2.73. The number of anilines is 2. The molecule has 0 unspecified atom stereocenters. The first kappa shape index (κ1) is 19.1. The second kappa shape index (κ2) is 8.78. The molecule has 28 heavy (non-hydrogen) atoms. The summed E-state index contributed by atoms with van der Waals surface area (Å²) >= 11 is 0. The van der Waals surface area contributed by atoms with Crippen molar-refractivity contribution in [3.05, 3.63) is 83.6 Å². The van der Waals surface area contributed by atoms with Gasteiger partial charge in [0.25, 0.3) is 5.91 Å². The molecule has 1 heterocycles. The Balaban J connectivity index is 1.71. The smallest absolute Gasteiger partial charge is 0.274 e. The third-order valence-electron chi connectivity index (χ3n) is 4.25. The number of carbonyl (C=O) groups is 1. The van der Waals surface area contributed by atoms with Crippen molar-refractivity contribution in [2.45, 2.75) is 26.4 Å². The summed E-state index contributed by atoms with van der Waals surface area (Å²) in [5, 5.41) is 20.2. The molecule has 140 valence electrons. The van der Waals surface area contributed by atoms with Gasteiger partial charge in [0.2, 0.25) is 0 Å². The van der Waals surface area contributed by atoms with Crippen LogP contribution in [0.2, 0.25) is 0 Å². The van der Waals surface area contributed by atoms with E-state index in [1.807, 2.05) is 44.2 Å². The number of hydrogen-bond donors (Lipinski definition) is 1. The molecule has 1 N–H and O–H groups in total. The Morgan fingerprint density at radius 3 is 2.32 bits per heavy atom. The number of nitrogens with zero attached hydrogens (tertiary/aromatic N) is 4. The molecule has 0 saturated carbocycles. The van der Waals surface area contributed by atoms with Gasteiger partial charge in [0.1, 0.15) is 0 Å². The molecule has 0 fully saturated rings. The number of amides is 1. The first-order valence-electron chi connectivity index (χ1n) is 9.02. The summed E-state index contributed by atoms with van der Waals surface area (Å²) in [4.78, 5) is 14.7. The minimum Gasteiger partial charge on any atom is -0.339 e. The van der Waals surface area contributed by atoms with Crippen LogP contribution in [0, 0.1) is 11.3 Å². The highest BCUT2D eigenvalue weighted by Crippen LogP contribution is 2.16. The first-order chi connectivity index (χ1) is 13.6. The van der Waals surface area contributed by atoms with E-state index in [1.54, 1.807) is 41.3 Å². The molecule has 0 saturated heterocycles. The SMILES string of the molecule is CC(C)N(Cc1ccccc1)C(=O)c1ccc(Nc2ccc(C#N)cc2)nn1. The van der Waals surface area contributed by atoms with Gasteiger partial charge in [0, 0.05) is 18.3 Å². The third-order valence-corrected chi connectivity index (χ3v) is 4.25. The molecule has 0 radical (unpaired) electrons. The fraction of sp³-hybridized carbons (Fsp3) is 0.182. The molecular weight excluding hydrogens is 350 g/mol. The van der Waals surface area contributed by atoms with Crippen LogP contribution in [0.3, 0.4) is 0 Å². The van der Waals surface area contributed by atoms with Crippen molar-refractivity contribution in [1.82, 2.24) is 15.1 Å². The molecule has 1 aromatic heterocycles. The van der Waals surface area contributed by atoms with Gasteiger partial charge in [0.05, 0.1) is 11.6 Å². The molecule has 3 rings (SSSR count). The van der Waals surface area contributed by atoms with Crippen LogP contribution in [0.25, 0.3) is 0 Å². The molecule has 0 aliphatic rings. The minimum atomic E-state index is -0.156. The molecule has 6 heteroatoms. The molecule has 0 atom stereocenters. The van der Waals surface area contributed by atoms with E-state index in [-0.39, 0.29) is 11.9 Å². The van der Waals surface area contributed by atoms with Gasteiger partial charge in [-0.25, -0.2) is 0 Å². The van der Waals surface area contributed by atoms with E-state index in [0.29, 0.717) is 23.6 Å². The zero-order valence-electron chi connectivity index (χ0n) is 15.8. The molecule has 0 bridgehead atoms. The number of rotatable bonds is 6. The fourth-order valence-corrected chi connectivity index (χ4v) is 2.71. The molecule has 0 aliphatic heterocycles. The van der Waals surface area contributed by atoms with Crippen LogP contribution in [0.15, 0.2) is 66.7 Å². The number of hydrogen-bond acceptors (Lipinski definition) is 5. The molecule has 0 spiro atoms. The van der Waals surface area contributed by atoms with Crippen LogP contribution in [0.5, 0.6) is 0 Å². The van der Waals surface area contributed by atoms with Gasteiger partial charge in [-0.15, -0.1) is 10.2 Å². The van der Waals surface area contributed by atoms with Crippen molar-refractivity contribution in [3.8, 4) is 6.07 Å². The first-order valence-corrected chi connectivity index (χ1v) is 9.02. The van der Waals surface area contributed by atoms with Gasteiger partial charge in [0.15, 0.2) is 11.5 Å². The highest BCUT2D eigenvalue weighted by atomic mass is 16.2. The summed E-state index contributed by atoms with van der Waals surface area (Å²) in [6.07, 6.45) is 0. The Bertz CT molecular complexity index is 961. The molecule has 3 aromatic rings. The summed E-state index contributed by atoms with van der Waals surface area (Å²) in [6.45, 7) is 4.48. The summed E-state index contributed by atoms with van der Waals surface area (Å²) in [5.41, 5.74) is 2.75. The quantitative estimate of drug-likeness (QED) is 0.704. The second-order valence-electron chi connectivity index (χ2n) is 6.63. The molecule has 1 amide bonds. The third kappa shape index (κ3) is 4.71. The van der Waals surface area contributed by atoms with Crippen molar-refractivity contribution in [2.24, 2.45) is 0 Å². The van der Waals surface area contributed by atoms with Crippen LogP contribution in [0.4, 0.5) is 11.5 Å². The van der Waals surface area contributed by atoms with Gasteiger partial charge >= 0.3 is 0 Å². The molecule has 0 aliphatic carbocycles. The average molecular weight is 371 g/mol. The van der Waals surface area contributed by atoms with Crippen LogP contribution in [-0.2, 0) is 6.54 Å². The summed E-state index contributed by atoms with van der Waals surface area (Å²) in [6, 6.07) is 22.4. The van der Waals surface area contributed by atoms with Gasteiger partial charge in [-0.1, -0.05) is 30.3 Å². The predicted molar refractivity (Wildman–Crippen MR) is 108 cm³/mol. The maximum absolute atomic E-state index is 12.9. The lowest BCUT2D eigenvalue weighted by atomic mass is 10.1. The van der Waals surface area contributed by atoms with E-state index < -0.39 is 0 Å². The molecule has 2 aromatic carbocycles. The van der Waals surface area contributed by atoms with Gasteiger partial charge in [-0.2, -0.15) is 5.26 Å². The normalized spacial score (nSPS) is 10.4. The summed E-state index contributed by atoms with van der Waals surface area (Å²) in [5.74, 6) is 0.372. The Hall–Kier alpha value is -3.72. The predicted octanol–water partition coefficient (Wildman–Crippen LogP) is 4.14. The monoisotopic (exact) mass is 371 g/mol. The number of aromatic nitrogens is 2. The van der Waals surface area contributed by atoms with Crippen LogP contribution in [-0.4, -0.2) is 27.0 Å². The van der Waals surface area contributed by atoms with Gasteiger partial charge < -0.3 is 10.2 Å². The lowest BCUT2D eigenvalue weighted by Gasteiger charge is -2.26. The highest BCUT2D eigenvalue weighted by Gasteiger charge is 2.20. The summed E-state index contributed by atoms with van der Waals surface area (Å²) in [7, 11) is 0. The van der Waals surface area contributed by atoms with Crippen LogP contribution in [0.1, 0.15) is 35.5 Å². The number of carbonyl (C=O) groups excluding carboxylic acids is 1. The van der Waals surface area contributed by atoms with Gasteiger partial charge in [-0.3, -0.25) is 4.79 Å². The zero-order chi connectivity index (χ0) is 19.9. The van der Waals surface area contributed by atoms with E-state index in [2.05, 4.69) is 21.6 Å². The van der Waals surface area contributed by atoms with Crippen molar-refractivity contribution in [2.75, 3.05) is 5.32 Å². The zero-order valence-corrected chi connectivity index (χ0v) is 15.8.